The summed E-state index contributed by atoms with van der Waals surface area (Å²) in [5, 5.41) is 2.86. The molecule has 1 amide bonds. The van der Waals surface area contributed by atoms with Crippen LogP contribution in [0, 0.1) is 0 Å². The molecule has 0 atom stereocenters. The standard InChI is InChI=1S/C21H23NO/c1-16(17-8-6-5-7-9-17)10-15-20(23)22-19-13-11-18(12-14-19)21(2,3)4/h5-9,11-15H,1-4H3,(H,22,23). The smallest absolute Gasteiger partial charge is 0.256 e. The van der Waals surface area contributed by atoms with Gasteiger partial charge in [-0.05, 0) is 41.2 Å². The molecule has 2 aromatic carbocycles. The van der Waals surface area contributed by atoms with E-state index < -0.39 is 0 Å². The summed E-state index contributed by atoms with van der Waals surface area (Å²) in [7, 11) is 0. The fraction of sp³-hybridized carbons (Fsp3) is 0.238. The largest absolute Gasteiger partial charge is 0.322 e. The van der Waals surface area contributed by atoms with Crippen LogP contribution < -0.4 is 5.32 Å². The minimum Gasteiger partial charge on any atom is -0.322 e. The second-order valence-corrected chi connectivity index (χ2v) is 6.60. The van der Waals surface area contributed by atoms with Crippen LogP contribution in [0.3, 0.4) is 0 Å². The van der Waals surface area contributed by atoms with E-state index >= 15 is 0 Å². The summed E-state index contributed by atoms with van der Waals surface area (Å²) in [5.74, 6) is -0.177. The molecule has 23 heavy (non-hydrogen) atoms. The summed E-state index contributed by atoms with van der Waals surface area (Å²) in [6.07, 6.45) is 1.44. The zero-order chi connectivity index (χ0) is 16.9. The van der Waals surface area contributed by atoms with Crippen molar-refractivity contribution >= 4 is 17.2 Å². The average molecular weight is 305 g/mol. The summed E-state index contributed by atoms with van der Waals surface area (Å²) < 4.78 is 0. The van der Waals surface area contributed by atoms with Gasteiger partial charge in [-0.2, -0.15) is 0 Å². The van der Waals surface area contributed by atoms with Crippen LogP contribution in [0.1, 0.15) is 38.8 Å². The number of hydrogen-bond donors (Lipinski definition) is 1. The Kier molecular flexibility index (Phi) is 5.20. The molecule has 2 nitrogen and oxygen atoms in total. The summed E-state index contributed by atoms with van der Waals surface area (Å²) in [6.45, 7) is 8.44. The van der Waals surface area contributed by atoms with E-state index in [2.05, 4.69) is 31.8 Å². The maximum atomic E-state index is 12.0. The summed E-state index contributed by atoms with van der Waals surface area (Å²) >= 11 is 0. The summed E-state index contributed by atoms with van der Waals surface area (Å²) in [4.78, 5) is 12.0. The Hall–Kier alpha value is -2.57. The molecule has 0 heterocycles. The molecule has 0 aliphatic rings. The third-order valence-corrected chi connectivity index (χ3v) is 3.65. The van der Waals surface area contributed by atoms with Gasteiger partial charge in [0.2, 0.25) is 0 Å². The van der Waals surface area contributed by atoms with E-state index in [4.69, 9.17) is 0 Å². The van der Waals surface area contributed by atoms with Crippen LogP contribution >= 0.6 is 0 Å². The van der Waals surface area contributed by atoms with Gasteiger partial charge in [-0.3, -0.25) is 4.79 Å². The van der Waals surface area contributed by atoms with Crippen LogP contribution in [0.2, 0.25) is 0 Å². The van der Waals surface area contributed by atoms with Gasteiger partial charge in [-0.15, -0.1) is 5.73 Å². The fourth-order valence-electron chi connectivity index (χ4n) is 2.18. The molecule has 0 saturated carbocycles. The van der Waals surface area contributed by atoms with Crippen LogP contribution in [0.25, 0.3) is 5.57 Å². The maximum Gasteiger partial charge on any atom is 0.256 e. The van der Waals surface area contributed by atoms with E-state index in [1.54, 1.807) is 0 Å². The predicted molar refractivity (Wildman–Crippen MR) is 97.4 cm³/mol. The highest BCUT2D eigenvalue weighted by atomic mass is 16.1. The molecule has 0 saturated heterocycles. The van der Waals surface area contributed by atoms with Crippen molar-refractivity contribution in [2.75, 3.05) is 5.32 Å². The first-order valence-electron chi connectivity index (χ1n) is 7.76. The molecule has 0 fully saturated rings. The molecule has 2 aromatic rings. The van der Waals surface area contributed by atoms with Crippen LogP contribution in [0.5, 0.6) is 0 Å². The summed E-state index contributed by atoms with van der Waals surface area (Å²) in [5.41, 5.74) is 7.17. The number of carbonyl (C=O) groups excluding carboxylic acids is 1. The molecule has 2 heteroatoms. The van der Waals surface area contributed by atoms with Crippen molar-refractivity contribution in [2.45, 2.75) is 33.1 Å². The van der Waals surface area contributed by atoms with Crippen molar-refractivity contribution in [3.63, 3.8) is 0 Å². The van der Waals surface area contributed by atoms with E-state index in [0.717, 1.165) is 16.8 Å². The lowest BCUT2D eigenvalue weighted by atomic mass is 9.87. The molecule has 2 rings (SSSR count). The van der Waals surface area contributed by atoms with E-state index in [1.807, 2.05) is 61.5 Å². The second kappa shape index (κ2) is 7.13. The topological polar surface area (TPSA) is 29.1 Å². The van der Waals surface area contributed by atoms with Crippen LogP contribution in [-0.4, -0.2) is 5.91 Å². The molecule has 0 aliphatic heterocycles. The minimum absolute atomic E-state index is 0.109. The lowest BCUT2D eigenvalue weighted by molar-refractivity contribution is -0.111. The Morgan fingerprint density at radius 1 is 1.00 bits per heavy atom. The Morgan fingerprint density at radius 3 is 2.17 bits per heavy atom. The van der Waals surface area contributed by atoms with Gasteiger partial charge in [0, 0.05) is 11.8 Å². The van der Waals surface area contributed by atoms with E-state index in [0.29, 0.717) is 0 Å². The average Bonchev–Trinajstić information content (AvgIpc) is 2.53. The van der Waals surface area contributed by atoms with Gasteiger partial charge in [0.1, 0.15) is 0 Å². The molecule has 118 valence electrons. The molecule has 1 N–H and O–H groups in total. The van der Waals surface area contributed by atoms with Crippen LogP contribution in [0.15, 0.2) is 66.4 Å². The van der Waals surface area contributed by atoms with Gasteiger partial charge in [0.05, 0.1) is 0 Å². The Morgan fingerprint density at radius 2 is 1.61 bits per heavy atom. The Bertz CT molecular complexity index is 728. The first-order chi connectivity index (χ1) is 10.9. The highest BCUT2D eigenvalue weighted by Gasteiger charge is 2.12. The molecule has 0 unspecified atom stereocenters. The molecular formula is C21H23NO. The lowest BCUT2D eigenvalue weighted by Crippen LogP contribution is -2.12. The van der Waals surface area contributed by atoms with Gasteiger partial charge in [0.25, 0.3) is 5.91 Å². The number of amides is 1. The monoisotopic (exact) mass is 305 g/mol. The fourth-order valence-corrected chi connectivity index (χ4v) is 2.18. The third-order valence-electron chi connectivity index (χ3n) is 3.65. The molecule has 0 radical (unpaired) electrons. The van der Waals surface area contributed by atoms with E-state index in [-0.39, 0.29) is 11.3 Å². The van der Waals surface area contributed by atoms with Crippen molar-refractivity contribution in [2.24, 2.45) is 0 Å². The summed E-state index contributed by atoms with van der Waals surface area (Å²) in [6, 6.07) is 17.9. The molecule has 0 bridgehead atoms. The molecule has 0 aromatic heterocycles. The van der Waals surface area contributed by atoms with Crippen molar-refractivity contribution in [3.8, 4) is 0 Å². The zero-order valence-electron chi connectivity index (χ0n) is 14.2. The van der Waals surface area contributed by atoms with Crippen molar-refractivity contribution < 1.29 is 4.79 Å². The number of carbonyl (C=O) groups is 1. The van der Waals surface area contributed by atoms with Crippen molar-refractivity contribution in [1.29, 1.82) is 0 Å². The first kappa shape index (κ1) is 16.8. The number of rotatable bonds is 3. The van der Waals surface area contributed by atoms with Gasteiger partial charge in [0.15, 0.2) is 0 Å². The zero-order valence-corrected chi connectivity index (χ0v) is 14.2. The number of anilines is 1. The Balaban J connectivity index is 2.06. The van der Waals surface area contributed by atoms with E-state index in [1.165, 1.54) is 11.6 Å². The number of nitrogens with one attached hydrogen (secondary N) is 1. The van der Waals surface area contributed by atoms with Crippen molar-refractivity contribution in [3.05, 3.63) is 77.5 Å². The number of hydrogen-bond acceptors (Lipinski definition) is 1. The normalized spacial score (nSPS) is 10.6. The highest BCUT2D eigenvalue weighted by molar-refractivity contribution is 5.99. The maximum absolute atomic E-state index is 12.0. The Labute approximate surface area is 138 Å². The van der Waals surface area contributed by atoms with E-state index in [9.17, 15) is 4.79 Å². The quantitative estimate of drug-likeness (QED) is 0.614. The first-order valence-corrected chi connectivity index (χ1v) is 7.76. The minimum atomic E-state index is -0.177. The van der Waals surface area contributed by atoms with Gasteiger partial charge in [-0.25, -0.2) is 0 Å². The van der Waals surface area contributed by atoms with Crippen LogP contribution in [0.4, 0.5) is 5.69 Å². The SMILES string of the molecule is CC(=C=CC(=O)Nc1ccc(C(C)(C)C)cc1)c1ccccc1. The van der Waals surface area contributed by atoms with Gasteiger partial charge in [-0.1, -0.05) is 63.2 Å². The van der Waals surface area contributed by atoms with Gasteiger partial charge < -0.3 is 5.32 Å². The highest BCUT2D eigenvalue weighted by Crippen LogP contribution is 2.23. The van der Waals surface area contributed by atoms with Crippen LogP contribution in [-0.2, 0) is 10.2 Å². The molecule has 0 aliphatic carbocycles. The second-order valence-electron chi connectivity index (χ2n) is 6.60. The molecule has 0 spiro atoms. The predicted octanol–water partition coefficient (Wildman–Crippen LogP) is 5.18. The third kappa shape index (κ3) is 4.98. The number of benzene rings is 2. The molecular weight excluding hydrogens is 282 g/mol. The van der Waals surface area contributed by atoms with Gasteiger partial charge >= 0.3 is 0 Å². The van der Waals surface area contributed by atoms with Crippen molar-refractivity contribution in [1.82, 2.24) is 0 Å². The lowest BCUT2D eigenvalue weighted by Gasteiger charge is -2.19.